The van der Waals surface area contributed by atoms with Crippen LogP contribution in [0.2, 0.25) is 0 Å². The van der Waals surface area contributed by atoms with Crippen molar-refractivity contribution in [3.8, 4) is 11.5 Å². The highest BCUT2D eigenvalue weighted by Crippen LogP contribution is 2.26. The Morgan fingerprint density at radius 2 is 1.86 bits per heavy atom. The normalized spacial score (nSPS) is 10.0. The molecule has 1 amide bonds. The van der Waals surface area contributed by atoms with Gasteiger partial charge in [-0.1, -0.05) is 18.2 Å². The number of aromatic carboxylic acids is 1. The van der Waals surface area contributed by atoms with Crippen LogP contribution in [0.3, 0.4) is 0 Å². The highest BCUT2D eigenvalue weighted by Gasteiger charge is 2.14. The Hall–Kier alpha value is -3.02. The van der Waals surface area contributed by atoms with E-state index in [9.17, 15) is 14.7 Å². The van der Waals surface area contributed by atoms with Gasteiger partial charge in [0.05, 0.1) is 0 Å². The summed E-state index contributed by atoms with van der Waals surface area (Å²) in [5.41, 5.74) is 0.382. The largest absolute Gasteiger partial charge is 0.507 e. The molecule has 0 aliphatic carbocycles. The molecule has 0 aliphatic rings. The van der Waals surface area contributed by atoms with Crippen molar-refractivity contribution in [1.29, 1.82) is 0 Å². The van der Waals surface area contributed by atoms with Gasteiger partial charge in [-0.25, -0.2) is 4.79 Å². The number of phenols is 1. The minimum absolute atomic E-state index is 0.202. The summed E-state index contributed by atoms with van der Waals surface area (Å²) in [5.74, 6) is -1.45. The maximum atomic E-state index is 11.8. The molecular formula is C16H15NO5. The van der Waals surface area contributed by atoms with E-state index >= 15 is 0 Å². The molecule has 0 atom stereocenters. The number of amides is 1. The van der Waals surface area contributed by atoms with Gasteiger partial charge in [0, 0.05) is 5.69 Å². The molecular weight excluding hydrogens is 286 g/mol. The van der Waals surface area contributed by atoms with Gasteiger partial charge in [-0.2, -0.15) is 0 Å². The van der Waals surface area contributed by atoms with E-state index in [0.717, 1.165) is 0 Å². The van der Waals surface area contributed by atoms with Crippen molar-refractivity contribution in [2.45, 2.75) is 6.92 Å². The van der Waals surface area contributed by atoms with E-state index in [0.29, 0.717) is 11.3 Å². The molecule has 114 valence electrons. The second kappa shape index (κ2) is 6.62. The Bertz CT molecular complexity index is 697. The topological polar surface area (TPSA) is 95.9 Å². The fraction of sp³-hybridized carbons (Fsp3) is 0.125. The Morgan fingerprint density at radius 3 is 2.50 bits per heavy atom. The van der Waals surface area contributed by atoms with Crippen LogP contribution in [0, 0.1) is 6.92 Å². The average Bonchev–Trinajstić information content (AvgIpc) is 2.49. The molecule has 0 saturated carbocycles. The predicted molar refractivity (Wildman–Crippen MR) is 80.4 cm³/mol. The number of aryl methyl sites for hydroxylation is 1. The van der Waals surface area contributed by atoms with Crippen molar-refractivity contribution in [1.82, 2.24) is 0 Å². The van der Waals surface area contributed by atoms with Gasteiger partial charge in [0.1, 0.15) is 17.1 Å². The van der Waals surface area contributed by atoms with Gasteiger partial charge in [-0.3, -0.25) is 4.79 Å². The minimum atomic E-state index is -1.27. The van der Waals surface area contributed by atoms with Gasteiger partial charge in [0.2, 0.25) is 0 Å². The number of aromatic hydroxyl groups is 1. The predicted octanol–water partition coefficient (Wildman–Crippen LogP) is 2.42. The molecule has 0 saturated heterocycles. The first kappa shape index (κ1) is 15.4. The quantitative estimate of drug-likeness (QED) is 0.737. The maximum absolute atomic E-state index is 11.8. The van der Waals surface area contributed by atoms with Gasteiger partial charge >= 0.3 is 5.97 Å². The van der Waals surface area contributed by atoms with Crippen molar-refractivity contribution >= 4 is 17.6 Å². The van der Waals surface area contributed by atoms with Crippen LogP contribution in [0.4, 0.5) is 5.69 Å². The molecule has 22 heavy (non-hydrogen) atoms. The van der Waals surface area contributed by atoms with Crippen LogP contribution in [0.25, 0.3) is 0 Å². The van der Waals surface area contributed by atoms with E-state index in [1.54, 1.807) is 31.2 Å². The summed E-state index contributed by atoms with van der Waals surface area (Å²) < 4.78 is 5.29. The number of carboxylic acid groups (broad SMARTS) is 1. The monoisotopic (exact) mass is 301 g/mol. The molecule has 3 N–H and O–H groups in total. The molecule has 2 aromatic carbocycles. The van der Waals surface area contributed by atoms with Gasteiger partial charge in [-0.05, 0) is 36.8 Å². The molecule has 0 bridgehead atoms. The number of nitrogens with one attached hydrogen (secondary N) is 1. The van der Waals surface area contributed by atoms with E-state index in [4.69, 9.17) is 9.84 Å². The summed E-state index contributed by atoms with van der Waals surface area (Å²) in [7, 11) is 0. The zero-order chi connectivity index (χ0) is 16.1. The zero-order valence-corrected chi connectivity index (χ0v) is 11.9. The molecule has 0 aliphatic heterocycles. The molecule has 0 unspecified atom stereocenters. The van der Waals surface area contributed by atoms with E-state index in [1.807, 2.05) is 6.07 Å². The smallest absolute Gasteiger partial charge is 0.339 e. The third kappa shape index (κ3) is 3.76. The summed E-state index contributed by atoms with van der Waals surface area (Å²) in [6.45, 7) is 1.35. The number of hydrogen-bond acceptors (Lipinski definition) is 4. The number of para-hydroxylation sites is 1. The molecule has 2 aromatic rings. The molecule has 6 heteroatoms. The SMILES string of the molecule is Cc1cc(NC(=O)COc2ccccc2)cc(C(=O)O)c1O. The lowest BCUT2D eigenvalue weighted by Crippen LogP contribution is -2.20. The van der Waals surface area contributed by atoms with Crippen molar-refractivity contribution in [2.24, 2.45) is 0 Å². The summed E-state index contributed by atoms with van der Waals surface area (Å²) in [6.07, 6.45) is 0. The van der Waals surface area contributed by atoms with E-state index in [2.05, 4.69) is 5.32 Å². The molecule has 0 fully saturated rings. The Kier molecular flexibility index (Phi) is 4.63. The van der Waals surface area contributed by atoms with Crippen LogP contribution in [0.5, 0.6) is 11.5 Å². The zero-order valence-electron chi connectivity index (χ0n) is 11.9. The lowest BCUT2D eigenvalue weighted by Gasteiger charge is -2.10. The highest BCUT2D eigenvalue weighted by atomic mass is 16.5. The number of benzene rings is 2. The summed E-state index contributed by atoms with van der Waals surface area (Å²) >= 11 is 0. The fourth-order valence-corrected chi connectivity index (χ4v) is 1.88. The standard InChI is InChI=1S/C16H15NO5/c1-10-7-11(8-13(15(10)19)16(20)21)17-14(18)9-22-12-5-3-2-4-6-12/h2-8,19H,9H2,1H3,(H,17,18)(H,20,21). The van der Waals surface area contributed by atoms with Gasteiger partial charge in [0.25, 0.3) is 5.91 Å². The third-order valence-electron chi connectivity index (χ3n) is 2.93. The molecule has 0 spiro atoms. The van der Waals surface area contributed by atoms with Gasteiger partial charge in [-0.15, -0.1) is 0 Å². The van der Waals surface area contributed by atoms with Crippen LogP contribution >= 0.6 is 0 Å². The fourth-order valence-electron chi connectivity index (χ4n) is 1.88. The number of carbonyl (C=O) groups is 2. The molecule has 6 nitrogen and oxygen atoms in total. The average molecular weight is 301 g/mol. The molecule has 0 heterocycles. The number of carboxylic acids is 1. The molecule has 0 radical (unpaired) electrons. The Balaban J connectivity index is 2.04. The first-order valence-corrected chi connectivity index (χ1v) is 6.52. The van der Waals surface area contributed by atoms with E-state index < -0.39 is 11.9 Å². The minimum Gasteiger partial charge on any atom is -0.507 e. The number of carbonyl (C=O) groups excluding carboxylic acids is 1. The number of ether oxygens (including phenoxy) is 1. The number of hydrogen-bond donors (Lipinski definition) is 3. The van der Waals surface area contributed by atoms with Gasteiger partial charge in [0.15, 0.2) is 6.61 Å². The van der Waals surface area contributed by atoms with Crippen LogP contribution < -0.4 is 10.1 Å². The first-order chi connectivity index (χ1) is 10.5. The lowest BCUT2D eigenvalue weighted by atomic mass is 10.1. The Morgan fingerprint density at radius 1 is 1.18 bits per heavy atom. The van der Waals surface area contributed by atoms with E-state index in [-0.39, 0.29) is 23.6 Å². The third-order valence-corrected chi connectivity index (χ3v) is 2.93. The Labute approximate surface area is 127 Å². The van der Waals surface area contributed by atoms with Crippen molar-refractivity contribution in [2.75, 3.05) is 11.9 Å². The first-order valence-electron chi connectivity index (χ1n) is 6.52. The molecule has 2 rings (SSSR count). The second-order valence-electron chi connectivity index (χ2n) is 4.64. The van der Waals surface area contributed by atoms with Crippen molar-refractivity contribution in [3.63, 3.8) is 0 Å². The summed E-state index contributed by atoms with van der Waals surface area (Å²) in [5, 5.41) is 21.2. The number of rotatable bonds is 5. The molecule has 0 aromatic heterocycles. The summed E-state index contributed by atoms with van der Waals surface area (Å²) in [6, 6.07) is 11.5. The lowest BCUT2D eigenvalue weighted by molar-refractivity contribution is -0.118. The maximum Gasteiger partial charge on any atom is 0.339 e. The number of anilines is 1. The summed E-state index contributed by atoms with van der Waals surface area (Å²) in [4.78, 5) is 22.8. The van der Waals surface area contributed by atoms with Crippen LogP contribution in [0.15, 0.2) is 42.5 Å². The van der Waals surface area contributed by atoms with E-state index in [1.165, 1.54) is 12.1 Å². The van der Waals surface area contributed by atoms with Gasteiger partial charge < -0.3 is 20.3 Å². The second-order valence-corrected chi connectivity index (χ2v) is 4.64. The van der Waals surface area contributed by atoms with Crippen LogP contribution in [-0.2, 0) is 4.79 Å². The van der Waals surface area contributed by atoms with Crippen LogP contribution in [-0.4, -0.2) is 28.7 Å². The van der Waals surface area contributed by atoms with Crippen molar-refractivity contribution in [3.05, 3.63) is 53.6 Å². The van der Waals surface area contributed by atoms with Crippen molar-refractivity contribution < 1.29 is 24.5 Å². The highest BCUT2D eigenvalue weighted by molar-refractivity contribution is 5.96. The van der Waals surface area contributed by atoms with Crippen LogP contribution in [0.1, 0.15) is 15.9 Å².